The van der Waals surface area contributed by atoms with Gasteiger partial charge in [-0.2, -0.15) is 0 Å². The molecule has 2 heteroatoms. The standard InChI is InChI=1S/C38H40Br2/c1-5-17-37(18-6-2)33-21-25(9-13-29(33)31-15-11-27(39)23-35(31)37)26-10-14-30-32-16-12-28(40)24-36(32)38(19-7-3,20-8-4)34(30)22-26/h9-16,21-24H,5-8,17-20H2,1-4H3. The zero-order valence-corrected chi connectivity index (χ0v) is 27.5. The number of fused-ring (bicyclic) bond motifs is 6. The van der Waals surface area contributed by atoms with Gasteiger partial charge in [-0.05, 0) is 118 Å². The largest absolute Gasteiger partial charge is 0.0653 e. The molecule has 2 aliphatic carbocycles. The molecule has 0 atom stereocenters. The number of hydrogen-bond donors (Lipinski definition) is 0. The first-order valence-corrected chi connectivity index (χ1v) is 16.9. The summed E-state index contributed by atoms with van der Waals surface area (Å²) in [5, 5.41) is 0. The second kappa shape index (κ2) is 10.9. The lowest BCUT2D eigenvalue weighted by atomic mass is 9.70. The van der Waals surface area contributed by atoms with Crippen LogP contribution in [0.1, 0.15) is 101 Å². The summed E-state index contributed by atoms with van der Waals surface area (Å²) < 4.78 is 2.37. The van der Waals surface area contributed by atoms with Crippen molar-refractivity contribution in [3.8, 4) is 33.4 Å². The number of benzene rings is 4. The first-order chi connectivity index (χ1) is 19.4. The van der Waals surface area contributed by atoms with Crippen LogP contribution in [0.25, 0.3) is 33.4 Å². The minimum atomic E-state index is 0.0847. The van der Waals surface area contributed by atoms with Gasteiger partial charge in [0.05, 0.1) is 0 Å². The summed E-state index contributed by atoms with van der Waals surface area (Å²) in [6.45, 7) is 9.37. The lowest BCUT2D eigenvalue weighted by Gasteiger charge is -2.33. The molecule has 0 spiro atoms. The van der Waals surface area contributed by atoms with Gasteiger partial charge in [-0.25, -0.2) is 0 Å². The molecule has 0 N–H and O–H groups in total. The third-order valence-corrected chi connectivity index (χ3v) is 10.7. The van der Waals surface area contributed by atoms with E-state index in [9.17, 15) is 0 Å². The topological polar surface area (TPSA) is 0 Å². The van der Waals surface area contributed by atoms with Crippen LogP contribution in [0.5, 0.6) is 0 Å². The van der Waals surface area contributed by atoms with E-state index < -0.39 is 0 Å². The van der Waals surface area contributed by atoms with Crippen molar-refractivity contribution in [3.05, 3.63) is 104 Å². The predicted octanol–water partition coefficient (Wildman–Crippen LogP) is 12.6. The van der Waals surface area contributed by atoms with Gasteiger partial charge in [0, 0.05) is 19.8 Å². The zero-order chi connectivity index (χ0) is 28.1. The molecule has 0 heterocycles. The molecule has 0 saturated carbocycles. The van der Waals surface area contributed by atoms with E-state index >= 15 is 0 Å². The van der Waals surface area contributed by atoms with E-state index in [1.165, 1.54) is 116 Å². The monoisotopic (exact) mass is 654 g/mol. The number of hydrogen-bond acceptors (Lipinski definition) is 0. The van der Waals surface area contributed by atoms with Gasteiger partial charge in [-0.15, -0.1) is 0 Å². The number of halogens is 2. The molecule has 0 aliphatic heterocycles. The normalized spacial score (nSPS) is 15.4. The molecular formula is C38H40Br2. The highest BCUT2D eigenvalue weighted by atomic mass is 79.9. The molecule has 0 radical (unpaired) electrons. The number of rotatable bonds is 9. The van der Waals surface area contributed by atoms with Crippen molar-refractivity contribution in [1.82, 2.24) is 0 Å². The molecular weight excluding hydrogens is 616 g/mol. The first kappa shape index (κ1) is 28.0. The van der Waals surface area contributed by atoms with Crippen molar-refractivity contribution < 1.29 is 0 Å². The van der Waals surface area contributed by atoms with Crippen molar-refractivity contribution in [3.63, 3.8) is 0 Å². The lowest BCUT2D eigenvalue weighted by molar-refractivity contribution is 0.435. The maximum absolute atomic E-state index is 3.79. The molecule has 0 fully saturated rings. The van der Waals surface area contributed by atoms with Crippen molar-refractivity contribution in [1.29, 1.82) is 0 Å². The summed E-state index contributed by atoms with van der Waals surface area (Å²) in [6.07, 6.45) is 9.46. The average Bonchev–Trinajstić information content (AvgIpc) is 3.36. The molecule has 4 aromatic carbocycles. The van der Waals surface area contributed by atoms with Crippen LogP contribution in [0.15, 0.2) is 81.7 Å². The summed E-state index contributed by atoms with van der Waals surface area (Å²) in [7, 11) is 0. The molecule has 0 aromatic heterocycles. The second-order valence-corrected chi connectivity index (χ2v) is 13.9. The highest BCUT2D eigenvalue weighted by Gasteiger charge is 2.43. The van der Waals surface area contributed by atoms with E-state index in [1.807, 2.05) is 0 Å². The van der Waals surface area contributed by atoms with Crippen LogP contribution >= 0.6 is 31.9 Å². The van der Waals surface area contributed by atoms with Gasteiger partial charge in [0.2, 0.25) is 0 Å². The van der Waals surface area contributed by atoms with Gasteiger partial charge in [0.1, 0.15) is 0 Å². The summed E-state index contributed by atoms with van der Waals surface area (Å²) in [4.78, 5) is 0. The molecule has 0 bridgehead atoms. The van der Waals surface area contributed by atoms with Gasteiger partial charge in [-0.1, -0.05) is 122 Å². The minimum absolute atomic E-state index is 0.0847. The van der Waals surface area contributed by atoms with E-state index in [2.05, 4.69) is 132 Å². The Bertz CT molecular complexity index is 1450. The highest BCUT2D eigenvalue weighted by molar-refractivity contribution is 9.10. The average molecular weight is 657 g/mol. The zero-order valence-electron chi connectivity index (χ0n) is 24.3. The van der Waals surface area contributed by atoms with Crippen molar-refractivity contribution in [2.45, 2.75) is 89.9 Å². The Balaban J connectivity index is 1.53. The van der Waals surface area contributed by atoms with Gasteiger partial charge in [-0.3, -0.25) is 0 Å². The van der Waals surface area contributed by atoms with Crippen LogP contribution in [0.3, 0.4) is 0 Å². The van der Waals surface area contributed by atoms with Crippen LogP contribution in [-0.2, 0) is 10.8 Å². The second-order valence-electron chi connectivity index (χ2n) is 12.1. The summed E-state index contributed by atoms with van der Waals surface area (Å²) >= 11 is 7.59. The summed E-state index contributed by atoms with van der Waals surface area (Å²) in [5.41, 5.74) is 14.7. The van der Waals surface area contributed by atoms with Crippen LogP contribution in [0.4, 0.5) is 0 Å². The van der Waals surface area contributed by atoms with E-state index in [4.69, 9.17) is 0 Å². The van der Waals surface area contributed by atoms with E-state index in [-0.39, 0.29) is 10.8 Å². The molecule has 40 heavy (non-hydrogen) atoms. The van der Waals surface area contributed by atoms with E-state index in [0.29, 0.717) is 0 Å². The Labute approximate surface area is 257 Å². The quantitative estimate of drug-likeness (QED) is 0.168. The minimum Gasteiger partial charge on any atom is -0.0653 e. The Kier molecular flexibility index (Phi) is 7.64. The maximum atomic E-state index is 3.79. The third-order valence-electron chi connectivity index (χ3n) is 9.69. The molecule has 0 unspecified atom stereocenters. The van der Waals surface area contributed by atoms with E-state index in [1.54, 1.807) is 0 Å². The maximum Gasteiger partial charge on any atom is 0.0215 e. The summed E-state index contributed by atoms with van der Waals surface area (Å²) in [6, 6.07) is 28.6. The van der Waals surface area contributed by atoms with Crippen molar-refractivity contribution >= 4 is 31.9 Å². The van der Waals surface area contributed by atoms with Crippen LogP contribution in [0.2, 0.25) is 0 Å². The van der Waals surface area contributed by atoms with Crippen molar-refractivity contribution in [2.24, 2.45) is 0 Å². The Morgan fingerprint density at radius 1 is 0.425 bits per heavy atom. The molecule has 0 nitrogen and oxygen atoms in total. The van der Waals surface area contributed by atoms with Crippen LogP contribution < -0.4 is 0 Å². The van der Waals surface area contributed by atoms with Crippen LogP contribution in [0, 0.1) is 0 Å². The van der Waals surface area contributed by atoms with Crippen molar-refractivity contribution in [2.75, 3.05) is 0 Å². The fourth-order valence-corrected chi connectivity index (χ4v) is 9.05. The third kappa shape index (κ3) is 4.19. The molecule has 2 aliphatic rings. The molecule has 6 rings (SSSR count). The molecule has 206 valence electrons. The highest BCUT2D eigenvalue weighted by Crippen LogP contribution is 2.57. The Morgan fingerprint density at radius 3 is 1.05 bits per heavy atom. The lowest BCUT2D eigenvalue weighted by Crippen LogP contribution is -2.25. The molecule has 0 saturated heterocycles. The Morgan fingerprint density at radius 2 is 0.725 bits per heavy atom. The van der Waals surface area contributed by atoms with Gasteiger partial charge in [0.25, 0.3) is 0 Å². The Hall–Kier alpha value is -2.16. The van der Waals surface area contributed by atoms with Gasteiger partial charge < -0.3 is 0 Å². The fraction of sp³-hybridized carbons (Fsp3) is 0.368. The molecule has 4 aromatic rings. The molecule has 0 amide bonds. The predicted molar refractivity (Wildman–Crippen MR) is 179 cm³/mol. The van der Waals surface area contributed by atoms with Gasteiger partial charge in [0.15, 0.2) is 0 Å². The van der Waals surface area contributed by atoms with E-state index in [0.717, 1.165) is 0 Å². The smallest absolute Gasteiger partial charge is 0.0215 e. The van der Waals surface area contributed by atoms with Gasteiger partial charge >= 0.3 is 0 Å². The SMILES string of the molecule is CCCC1(CCC)c2cc(Br)ccc2-c2ccc(-c3ccc4c(c3)C(CCC)(CCC)c3cc(Br)ccc3-4)cc21. The summed E-state index contributed by atoms with van der Waals surface area (Å²) in [5.74, 6) is 0. The first-order valence-electron chi connectivity index (χ1n) is 15.3. The van der Waals surface area contributed by atoms with Crippen LogP contribution in [-0.4, -0.2) is 0 Å². The fourth-order valence-electron chi connectivity index (χ4n) is 8.33.